The van der Waals surface area contributed by atoms with E-state index in [-0.39, 0.29) is 17.5 Å². The molecule has 0 bridgehead atoms. The zero-order valence-electron chi connectivity index (χ0n) is 14.7. The second kappa shape index (κ2) is 6.79. The highest BCUT2D eigenvalue weighted by molar-refractivity contribution is 5.95. The van der Waals surface area contributed by atoms with E-state index in [0.717, 1.165) is 29.8 Å². The van der Waals surface area contributed by atoms with Crippen LogP contribution in [0.2, 0.25) is 0 Å². The number of halogens is 1. The van der Waals surface area contributed by atoms with E-state index in [9.17, 15) is 9.18 Å². The summed E-state index contributed by atoms with van der Waals surface area (Å²) in [5.74, 6) is -0.730. The van der Waals surface area contributed by atoms with Gasteiger partial charge in [-0.05, 0) is 48.7 Å². The Morgan fingerprint density at radius 2 is 1.77 bits per heavy atom. The minimum atomic E-state index is -0.472. The van der Waals surface area contributed by atoms with Gasteiger partial charge in [0.1, 0.15) is 5.82 Å². The van der Waals surface area contributed by atoms with Gasteiger partial charge >= 0.3 is 0 Å². The van der Waals surface area contributed by atoms with Gasteiger partial charge in [0.05, 0.1) is 11.6 Å². The molecule has 1 aliphatic rings. The number of carbonyl (C=O) groups excluding carboxylic acids is 1. The van der Waals surface area contributed by atoms with Gasteiger partial charge in [-0.15, -0.1) is 0 Å². The molecule has 132 valence electrons. The van der Waals surface area contributed by atoms with E-state index in [2.05, 4.69) is 35.9 Å². The molecule has 0 saturated heterocycles. The molecule has 1 atom stereocenters. The zero-order valence-corrected chi connectivity index (χ0v) is 14.7. The quantitative estimate of drug-likeness (QED) is 0.666. The fraction of sp³-hybridized carbons (Fsp3) is 0.227. The Morgan fingerprint density at radius 1 is 1.00 bits per heavy atom. The molecule has 2 aromatic carbocycles. The fourth-order valence-corrected chi connectivity index (χ4v) is 3.81. The average molecular weight is 348 g/mol. The molecule has 4 heteroatoms. The van der Waals surface area contributed by atoms with Gasteiger partial charge in [-0.1, -0.05) is 36.4 Å². The molecule has 3 aromatic rings. The van der Waals surface area contributed by atoms with Crippen LogP contribution in [0.5, 0.6) is 0 Å². The highest BCUT2D eigenvalue weighted by Crippen LogP contribution is 2.34. The summed E-state index contributed by atoms with van der Waals surface area (Å²) in [4.78, 5) is 15.1. The highest BCUT2D eigenvalue weighted by atomic mass is 19.1. The average Bonchev–Trinajstić information content (AvgIpc) is 3.03. The van der Waals surface area contributed by atoms with Gasteiger partial charge in [0.25, 0.3) is 5.91 Å². The highest BCUT2D eigenvalue weighted by Gasteiger charge is 2.32. The van der Waals surface area contributed by atoms with Crippen LogP contribution in [0.15, 0.2) is 66.9 Å². The number of rotatable bonds is 2. The van der Waals surface area contributed by atoms with Crippen LogP contribution in [-0.2, 0) is 6.54 Å². The summed E-state index contributed by atoms with van der Waals surface area (Å²) >= 11 is 0. The standard InChI is InChI=1S/C22H21FN2O/c1-16-8-2-3-9-17(16)21-20-12-6-13-24(20)14-7-15-25(21)22(26)18-10-4-5-11-19(18)23/h2-6,8-13,21H,7,14-15H2,1H3. The summed E-state index contributed by atoms with van der Waals surface area (Å²) in [5.41, 5.74) is 3.41. The molecule has 0 spiro atoms. The molecule has 1 amide bonds. The molecule has 0 fully saturated rings. The number of hydrogen-bond acceptors (Lipinski definition) is 1. The van der Waals surface area contributed by atoms with Crippen molar-refractivity contribution in [3.63, 3.8) is 0 Å². The summed E-state index contributed by atoms with van der Waals surface area (Å²) in [5, 5.41) is 0. The number of aryl methyl sites for hydroxylation is 2. The van der Waals surface area contributed by atoms with Crippen LogP contribution in [0.4, 0.5) is 4.39 Å². The molecule has 1 aromatic heterocycles. The minimum absolute atomic E-state index is 0.131. The van der Waals surface area contributed by atoms with E-state index >= 15 is 0 Å². The van der Waals surface area contributed by atoms with Crippen molar-refractivity contribution in [2.75, 3.05) is 6.54 Å². The predicted octanol–water partition coefficient (Wildman–Crippen LogP) is 4.57. The molecule has 0 aliphatic carbocycles. The number of hydrogen-bond donors (Lipinski definition) is 0. The first-order valence-corrected chi connectivity index (χ1v) is 8.93. The van der Waals surface area contributed by atoms with Crippen molar-refractivity contribution in [2.45, 2.75) is 25.9 Å². The van der Waals surface area contributed by atoms with Crippen molar-refractivity contribution in [3.05, 3.63) is 95.1 Å². The number of aromatic nitrogens is 1. The van der Waals surface area contributed by atoms with Crippen LogP contribution in [0, 0.1) is 12.7 Å². The Kier molecular flexibility index (Phi) is 4.33. The fourth-order valence-electron chi connectivity index (χ4n) is 3.81. The molecule has 2 heterocycles. The van der Waals surface area contributed by atoms with E-state index < -0.39 is 5.82 Å². The van der Waals surface area contributed by atoms with Crippen molar-refractivity contribution in [1.29, 1.82) is 0 Å². The normalized spacial score (nSPS) is 16.8. The first-order valence-electron chi connectivity index (χ1n) is 8.93. The molecule has 1 aliphatic heterocycles. The lowest BCUT2D eigenvalue weighted by atomic mass is 9.96. The van der Waals surface area contributed by atoms with Gasteiger partial charge < -0.3 is 9.47 Å². The largest absolute Gasteiger partial charge is 0.349 e. The molecule has 1 unspecified atom stereocenters. The Labute approximate surface area is 152 Å². The van der Waals surface area contributed by atoms with Crippen molar-refractivity contribution in [3.8, 4) is 0 Å². The van der Waals surface area contributed by atoms with E-state index in [1.54, 1.807) is 18.2 Å². The van der Waals surface area contributed by atoms with Gasteiger partial charge in [0.2, 0.25) is 0 Å². The number of benzene rings is 2. The Bertz CT molecular complexity index is 947. The third kappa shape index (κ3) is 2.81. The number of amides is 1. The lowest BCUT2D eigenvalue weighted by Gasteiger charge is -2.32. The molecular weight excluding hydrogens is 327 g/mol. The lowest BCUT2D eigenvalue weighted by Crippen LogP contribution is -2.36. The third-order valence-electron chi connectivity index (χ3n) is 5.10. The predicted molar refractivity (Wildman–Crippen MR) is 99.5 cm³/mol. The van der Waals surface area contributed by atoms with Crippen LogP contribution in [-0.4, -0.2) is 21.9 Å². The summed E-state index contributed by atoms with van der Waals surface area (Å²) in [6, 6.07) is 18.2. The summed E-state index contributed by atoms with van der Waals surface area (Å²) in [6.45, 7) is 3.50. The molecular formula is C22H21FN2O. The monoisotopic (exact) mass is 348 g/mol. The molecule has 26 heavy (non-hydrogen) atoms. The van der Waals surface area contributed by atoms with Crippen molar-refractivity contribution in [1.82, 2.24) is 9.47 Å². The number of fused-ring (bicyclic) bond motifs is 1. The number of carbonyl (C=O) groups is 1. The topological polar surface area (TPSA) is 25.2 Å². The second-order valence-electron chi connectivity index (χ2n) is 6.72. The molecule has 0 radical (unpaired) electrons. The van der Waals surface area contributed by atoms with E-state index in [4.69, 9.17) is 0 Å². The molecule has 0 saturated carbocycles. The Morgan fingerprint density at radius 3 is 2.58 bits per heavy atom. The van der Waals surface area contributed by atoms with Crippen molar-refractivity contribution in [2.24, 2.45) is 0 Å². The Balaban J connectivity index is 1.85. The first-order chi connectivity index (χ1) is 12.7. The van der Waals surface area contributed by atoms with Crippen LogP contribution in [0.25, 0.3) is 0 Å². The maximum atomic E-state index is 14.3. The van der Waals surface area contributed by atoms with Crippen LogP contribution in [0.3, 0.4) is 0 Å². The Hall–Kier alpha value is -2.88. The smallest absolute Gasteiger partial charge is 0.257 e. The summed E-state index contributed by atoms with van der Waals surface area (Å²) < 4.78 is 16.5. The van der Waals surface area contributed by atoms with E-state index in [1.165, 1.54) is 6.07 Å². The van der Waals surface area contributed by atoms with E-state index in [1.807, 2.05) is 23.1 Å². The van der Waals surface area contributed by atoms with E-state index in [0.29, 0.717) is 6.54 Å². The van der Waals surface area contributed by atoms with Gasteiger partial charge in [0, 0.05) is 25.0 Å². The van der Waals surface area contributed by atoms with Gasteiger partial charge in [-0.2, -0.15) is 0 Å². The molecule has 3 nitrogen and oxygen atoms in total. The van der Waals surface area contributed by atoms with Gasteiger partial charge in [-0.3, -0.25) is 4.79 Å². The lowest BCUT2D eigenvalue weighted by molar-refractivity contribution is 0.0704. The first kappa shape index (κ1) is 16.6. The molecule has 0 N–H and O–H groups in total. The second-order valence-corrected chi connectivity index (χ2v) is 6.72. The maximum Gasteiger partial charge on any atom is 0.257 e. The number of nitrogens with zero attached hydrogens (tertiary/aromatic N) is 2. The zero-order chi connectivity index (χ0) is 18.1. The van der Waals surface area contributed by atoms with Crippen molar-refractivity contribution < 1.29 is 9.18 Å². The molecule has 4 rings (SSSR count). The SMILES string of the molecule is Cc1ccccc1C1c2cccn2CCCN1C(=O)c1ccccc1F. The summed E-state index contributed by atoms with van der Waals surface area (Å²) in [6.07, 6.45) is 2.89. The van der Waals surface area contributed by atoms with Crippen LogP contribution < -0.4 is 0 Å². The minimum Gasteiger partial charge on any atom is -0.349 e. The van der Waals surface area contributed by atoms with Crippen LogP contribution in [0.1, 0.15) is 39.6 Å². The van der Waals surface area contributed by atoms with Crippen LogP contribution >= 0.6 is 0 Å². The van der Waals surface area contributed by atoms with Gasteiger partial charge in [0.15, 0.2) is 0 Å². The summed E-state index contributed by atoms with van der Waals surface area (Å²) in [7, 11) is 0. The van der Waals surface area contributed by atoms with Crippen molar-refractivity contribution >= 4 is 5.91 Å². The maximum absolute atomic E-state index is 14.3. The van der Waals surface area contributed by atoms with Gasteiger partial charge in [-0.25, -0.2) is 4.39 Å². The third-order valence-corrected chi connectivity index (χ3v) is 5.10.